The summed E-state index contributed by atoms with van der Waals surface area (Å²) in [5, 5.41) is 4.09. The first-order valence-corrected chi connectivity index (χ1v) is 7.16. The summed E-state index contributed by atoms with van der Waals surface area (Å²) in [5.74, 6) is 0. The largest absolute Gasteiger partial charge is 0.309 e. The van der Waals surface area contributed by atoms with Crippen LogP contribution >= 0.6 is 11.8 Å². The van der Waals surface area contributed by atoms with Gasteiger partial charge in [0.25, 0.3) is 0 Å². The third kappa shape index (κ3) is 4.01. The molecular formula is C14H18N4S. The molecule has 0 aliphatic heterocycles. The molecule has 2 rings (SSSR count). The average Bonchev–Trinajstić information content (AvgIpc) is 2.42. The van der Waals surface area contributed by atoms with E-state index in [4.69, 9.17) is 0 Å². The quantitative estimate of drug-likeness (QED) is 0.849. The molecule has 0 bridgehead atoms. The summed E-state index contributed by atoms with van der Waals surface area (Å²) in [5.41, 5.74) is 2.12. The van der Waals surface area contributed by atoms with Crippen molar-refractivity contribution in [2.75, 3.05) is 6.54 Å². The van der Waals surface area contributed by atoms with Crippen LogP contribution in [-0.4, -0.2) is 21.5 Å². The second-order valence-corrected chi connectivity index (χ2v) is 5.38. The lowest BCUT2D eigenvalue weighted by Gasteiger charge is -2.11. The molecule has 1 N–H and O–H groups in total. The summed E-state index contributed by atoms with van der Waals surface area (Å²) in [4.78, 5) is 14.1. The third-order valence-electron chi connectivity index (χ3n) is 2.68. The SMILES string of the molecule is CCNC(C)c1ccc(Sc2ncc(C)cn2)cn1. The van der Waals surface area contributed by atoms with Crippen molar-refractivity contribution in [3.63, 3.8) is 0 Å². The Hall–Kier alpha value is -1.46. The van der Waals surface area contributed by atoms with E-state index in [1.165, 1.54) is 11.8 Å². The van der Waals surface area contributed by atoms with Gasteiger partial charge in [0.2, 0.25) is 0 Å². The lowest BCUT2D eigenvalue weighted by atomic mass is 10.2. The van der Waals surface area contributed by atoms with Crippen LogP contribution in [0.25, 0.3) is 0 Å². The molecule has 0 aliphatic rings. The molecule has 0 aromatic carbocycles. The van der Waals surface area contributed by atoms with Gasteiger partial charge in [0.05, 0.1) is 5.69 Å². The molecule has 2 aromatic heterocycles. The van der Waals surface area contributed by atoms with Crippen LogP contribution in [0.4, 0.5) is 0 Å². The molecule has 0 aliphatic carbocycles. The molecule has 4 nitrogen and oxygen atoms in total. The Morgan fingerprint density at radius 1 is 1.16 bits per heavy atom. The van der Waals surface area contributed by atoms with E-state index in [1.807, 2.05) is 31.6 Å². The maximum atomic E-state index is 4.47. The fourth-order valence-electron chi connectivity index (χ4n) is 1.66. The van der Waals surface area contributed by atoms with Gasteiger partial charge >= 0.3 is 0 Å². The van der Waals surface area contributed by atoms with Gasteiger partial charge in [0.15, 0.2) is 5.16 Å². The van der Waals surface area contributed by atoms with Crippen LogP contribution in [0.3, 0.4) is 0 Å². The monoisotopic (exact) mass is 274 g/mol. The predicted octanol–water partition coefficient (Wildman–Crippen LogP) is 3.00. The van der Waals surface area contributed by atoms with Crippen LogP contribution in [0.2, 0.25) is 0 Å². The minimum Gasteiger partial charge on any atom is -0.309 e. The molecule has 19 heavy (non-hydrogen) atoms. The van der Waals surface area contributed by atoms with Crippen molar-refractivity contribution < 1.29 is 0 Å². The molecule has 0 radical (unpaired) electrons. The van der Waals surface area contributed by atoms with Crippen molar-refractivity contribution in [3.05, 3.63) is 42.0 Å². The van der Waals surface area contributed by atoms with Crippen LogP contribution in [0.15, 0.2) is 40.8 Å². The topological polar surface area (TPSA) is 50.7 Å². The molecule has 2 heterocycles. The molecule has 1 atom stereocenters. The number of nitrogens with one attached hydrogen (secondary N) is 1. The lowest BCUT2D eigenvalue weighted by Crippen LogP contribution is -2.18. The van der Waals surface area contributed by atoms with E-state index in [9.17, 15) is 0 Å². The molecular weight excluding hydrogens is 256 g/mol. The summed E-state index contributed by atoms with van der Waals surface area (Å²) in [6, 6.07) is 4.38. The number of aryl methyl sites for hydroxylation is 1. The van der Waals surface area contributed by atoms with Gasteiger partial charge in [-0.2, -0.15) is 0 Å². The second kappa shape index (κ2) is 6.63. The highest BCUT2D eigenvalue weighted by Crippen LogP contribution is 2.24. The van der Waals surface area contributed by atoms with E-state index in [-0.39, 0.29) is 6.04 Å². The Bertz CT molecular complexity index is 510. The van der Waals surface area contributed by atoms with Gasteiger partial charge in [-0.05, 0) is 49.9 Å². The van der Waals surface area contributed by atoms with Crippen LogP contribution in [0, 0.1) is 6.92 Å². The van der Waals surface area contributed by atoms with E-state index in [0.29, 0.717) is 0 Å². The van der Waals surface area contributed by atoms with Crippen molar-refractivity contribution in [1.29, 1.82) is 0 Å². The molecule has 0 saturated heterocycles. The summed E-state index contributed by atoms with van der Waals surface area (Å²) in [6.07, 6.45) is 5.52. The first kappa shape index (κ1) is 14.0. The van der Waals surface area contributed by atoms with Crippen LogP contribution in [0.1, 0.15) is 31.1 Å². The molecule has 0 amide bonds. The van der Waals surface area contributed by atoms with Gasteiger partial charge in [-0.3, -0.25) is 4.98 Å². The normalized spacial score (nSPS) is 12.4. The molecule has 2 aromatic rings. The van der Waals surface area contributed by atoms with E-state index < -0.39 is 0 Å². The maximum Gasteiger partial charge on any atom is 0.192 e. The van der Waals surface area contributed by atoms with Crippen LogP contribution in [-0.2, 0) is 0 Å². The minimum absolute atomic E-state index is 0.277. The first-order valence-electron chi connectivity index (χ1n) is 6.35. The first-order chi connectivity index (χ1) is 9.19. The Morgan fingerprint density at radius 2 is 1.89 bits per heavy atom. The zero-order valence-corrected chi connectivity index (χ0v) is 12.2. The standard InChI is InChI=1S/C14H18N4S/c1-4-15-11(3)13-6-5-12(9-16-13)19-14-17-7-10(2)8-18-14/h5-9,11,15H,4H2,1-3H3. The number of hydrogen-bond donors (Lipinski definition) is 1. The Morgan fingerprint density at radius 3 is 2.47 bits per heavy atom. The Kier molecular flexibility index (Phi) is 4.87. The molecule has 100 valence electrons. The van der Waals surface area contributed by atoms with Crippen molar-refractivity contribution in [3.8, 4) is 0 Å². The number of aromatic nitrogens is 3. The van der Waals surface area contributed by atoms with Gasteiger partial charge < -0.3 is 5.32 Å². The van der Waals surface area contributed by atoms with Crippen LogP contribution < -0.4 is 5.32 Å². The number of rotatable bonds is 5. The van der Waals surface area contributed by atoms with Crippen molar-refractivity contribution in [2.45, 2.75) is 36.9 Å². The average molecular weight is 274 g/mol. The van der Waals surface area contributed by atoms with Gasteiger partial charge in [-0.15, -0.1) is 0 Å². The second-order valence-electron chi connectivity index (χ2n) is 4.34. The highest BCUT2D eigenvalue weighted by molar-refractivity contribution is 7.99. The fraction of sp³-hybridized carbons (Fsp3) is 0.357. The summed E-state index contributed by atoms with van der Waals surface area (Å²) >= 11 is 1.52. The van der Waals surface area contributed by atoms with E-state index in [0.717, 1.165) is 27.9 Å². The van der Waals surface area contributed by atoms with Crippen molar-refractivity contribution in [2.24, 2.45) is 0 Å². The van der Waals surface area contributed by atoms with E-state index >= 15 is 0 Å². The molecule has 0 fully saturated rings. The zero-order valence-electron chi connectivity index (χ0n) is 11.4. The van der Waals surface area contributed by atoms with Gasteiger partial charge in [0, 0.05) is 29.5 Å². The number of pyridine rings is 1. The molecule has 5 heteroatoms. The highest BCUT2D eigenvalue weighted by Gasteiger charge is 2.06. The van der Waals surface area contributed by atoms with E-state index in [2.05, 4.69) is 40.2 Å². The van der Waals surface area contributed by atoms with Gasteiger partial charge in [-0.25, -0.2) is 9.97 Å². The molecule has 0 spiro atoms. The fourth-order valence-corrected chi connectivity index (χ4v) is 2.32. The van der Waals surface area contributed by atoms with Crippen molar-refractivity contribution >= 4 is 11.8 Å². The molecule has 0 saturated carbocycles. The Balaban J connectivity index is 2.04. The summed E-state index contributed by atoms with van der Waals surface area (Å²) < 4.78 is 0. The van der Waals surface area contributed by atoms with Crippen molar-refractivity contribution in [1.82, 2.24) is 20.3 Å². The van der Waals surface area contributed by atoms with Crippen LogP contribution in [0.5, 0.6) is 0 Å². The van der Waals surface area contributed by atoms with Gasteiger partial charge in [-0.1, -0.05) is 6.92 Å². The Labute approximate surface area is 118 Å². The molecule has 1 unspecified atom stereocenters. The summed E-state index contributed by atoms with van der Waals surface area (Å²) in [7, 11) is 0. The summed E-state index contributed by atoms with van der Waals surface area (Å²) in [6.45, 7) is 7.13. The third-order valence-corrected chi connectivity index (χ3v) is 3.55. The minimum atomic E-state index is 0.277. The zero-order chi connectivity index (χ0) is 13.7. The smallest absolute Gasteiger partial charge is 0.192 e. The van der Waals surface area contributed by atoms with E-state index in [1.54, 1.807) is 0 Å². The number of nitrogens with zero attached hydrogens (tertiary/aromatic N) is 3. The number of hydrogen-bond acceptors (Lipinski definition) is 5. The predicted molar refractivity (Wildman–Crippen MR) is 77.2 cm³/mol. The van der Waals surface area contributed by atoms with Gasteiger partial charge in [0.1, 0.15) is 0 Å². The lowest BCUT2D eigenvalue weighted by molar-refractivity contribution is 0.582. The highest BCUT2D eigenvalue weighted by atomic mass is 32.2. The maximum absolute atomic E-state index is 4.47.